The zero-order chi connectivity index (χ0) is 24.7. The van der Waals surface area contributed by atoms with Gasteiger partial charge in [-0.05, 0) is 62.7 Å². The van der Waals surface area contributed by atoms with E-state index in [1.165, 1.54) is 12.1 Å². The van der Waals surface area contributed by atoms with Gasteiger partial charge in [0.25, 0.3) is 15.9 Å². The number of halogens is 1. The van der Waals surface area contributed by atoms with E-state index in [4.69, 9.17) is 4.74 Å². The molecule has 0 spiro atoms. The number of rotatable bonds is 9. The Morgan fingerprint density at radius 1 is 1.03 bits per heavy atom. The average molecular weight is 544 g/mol. The maximum absolute atomic E-state index is 13.6. The predicted octanol–water partition coefficient (Wildman–Crippen LogP) is 4.89. The SMILES string of the molecule is CCOc1ccccc1N(CC(=O)N/N=C(/C)c1ccc(Br)cc1)S(=O)(=O)c1ccc(C)cc1. The van der Waals surface area contributed by atoms with Gasteiger partial charge in [-0.25, -0.2) is 13.8 Å². The van der Waals surface area contributed by atoms with Crippen LogP contribution in [0.5, 0.6) is 5.75 Å². The van der Waals surface area contributed by atoms with Gasteiger partial charge in [0.1, 0.15) is 12.3 Å². The first-order chi connectivity index (χ1) is 16.2. The summed E-state index contributed by atoms with van der Waals surface area (Å²) < 4.78 is 34.8. The number of aryl methyl sites for hydroxylation is 1. The lowest BCUT2D eigenvalue weighted by Crippen LogP contribution is -2.40. The van der Waals surface area contributed by atoms with Gasteiger partial charge in [-0.2, -0.15) is 5.10 Å². The smallest absolute Gasteiger partial charge is 0.264 e. The van der Waals surface area contributed by atoms with Crippen LogP contribution in [0.25, 0.3) is 0 Å². The van der Waals surface area contributed by atoms with Gasteiger partial charge in [0.2, 0.25) is 0 Å². The highest BCUT2D eigenvalue weighted by Crippen LogP contribution is 2.32. The Labute approximate surface area is 208 Å². The first-order valence-electron chi connectivity index (χ1n) is 10.6. The van der Waals surface area contributed by atoms with Crippen molar-refractivity contribution in [1.29, 1.82) is 0 Å². The summed E-state index contributed by atoms with van der Waals surface area (Å²) in [5.74, 6) is -0.221. The maximum Gasteiger partial charge on any atom is 0.264 e. The minimum absolute atomic E-state index is 0.0757. The van der Waals surface area contributed by atoms with Gasteiger partial charge in [-0.1, -0.05) is 57.9 Å². The minimum Gasteiger partial charge on any atom is -0.492 e. The van der Waals surface area contributed by atoms with Crippen LogP contribution >= 0.6 is 15.9 Å². The Morgan fingerprint density at radius 3 is 2.32 bits per heavy atom. The lowest BCUT2D eigenvalue weighted by Gasteiger charge is -2.25. The van der Waals surface area contributed by atoms with Gasteiger partial charge in [-0.3, -0.25) is 9.10 Å². The van der Waals surface area contributed by atoms with Gasteiger partial charge >= 0.3 is 0 Å². The second-order valence-corrected chi connectivity index (χ2v) is 10.2. The van der Waals surface area contributed by atoms with Crippen molar-refractivity contribution in [2.24, 2.45) is 5.10 Å². The number of nitrogens with zero attached hydrogens (tertiary/aromatic N) is 2. The molecular formula is C25H26BrN3O4S. The Kier molecular flexibility index (Phi) is 8.46. The molecule has 0 aromatic heterocycles. The number of hydrogen-bond acceptors (Lipinski definition) is 5. The molecule has 0 aliphatic heterocycles. The molecule has 0 aliphatic carbocycles. The summed E-state index contributed by atoms with van der Waals surface area (Å²) in [7, 11) is -4.06. The van der Waals surface area contributed by atoms with Crippen molar-refractivity contribution in [3.05, 3.63) is 88.4 Å². The van der Waals surface area contributed by atoms with Gasteiger partial charge < -0.3 is 4.74 Å². The number of anilines is 1. The van der Waals surface area contributed by atoms with Gasteiger partial charge in [0.15, 0.2) is 0 Å². The van der Waals surface area contributed by atoms with E-state index in [1.807, 2.05) is 38.1 Å². The molecule has 1 amide bonds. The Balaban J connectivity index is 1.92. The number of carbonyl (C=O) groups is 1. The molecule has 0 bridgehead atoms. The maximum atomic E-state index is 13.6. The molecule has 0 radical (unpaired) electrons. The molecule has 7 nitrogen and oxygen atoms in total. The van der Waals surface area contributed by atoms with Crippen LogP contribution in [-0.4, -0.2) is 33.2 Å². The quantitative estimate of drug-likeness (QED) is 0.307. The number of hydrazone groups is 1. The number of hydrogen-bond donors (Lipinski definition) is 1. The van der Waals surface area contributed by atoms with Crippen LogP contribution in [0.15, 0.2) is 87.3 Å². The van der Waals surface area contributed by atoms with E-state index in [9.17, 15) is 13.2 Å². The molecule has 0 unspecified atom stereocenters. The van der Waals surface area contributed by atoms with Crippen molar-refractivity contribution < 1.29 is 17.9 Å². The summed E-state index contributed by atoms with van der Waals surface area (Å²) in [5.41, 5.74) is 5.08. The number of ether oxygens (including phenoxy) is 1. The second kappa shape index (κ2) is 11.3. The molecule has 34 heavy (non-hydrogen) atoms. The average Bonchev–Trinajstić information content (AvgIpc) is 2.82. The number of benzene rings is 3. The van der Waals surface area contributed by atoms with Crippen LogP contribution in [0.3, 0.4) is 0 Å². The van der Waals surface area contributed by atoms with E-state index in [0.717, 1.165) is 19.9 Å². The highest BCUT2D eigenvalue weighted by atomic mass is 79.9. The van der Waals surface area contributed by atoms with Gasteiger partial charge in [-0.15, -0.1) is 0 Å². The number of carbonyl (C=O) groups excluding carboxylic acids is 1. The van der Waals surface area contributed by atoms with Crippen molar-refractivity contribution in [3.8, 4) is 5.75 Å². The highest BCUT2D eigenvalue weighted by molar-refractivity contribution is 9.10. The molecule has 3 aromatic rings. The van der Waals surface area contributed by atoms with E-state index < -0.39 is 22.5 Å². The van der Waals surface area contributed by atoms with Crippen molar-refractivity contribution >= 4 is 43.3 Å². The van der Waals surface area contributed by atoms with E-state index in [-0.39, 0.29) is 10.6 Å². The molecule has 0 heterocycles. The Hall–Kier alpha value is -3.17. The molecule has 0 saturated heterocycles. The Morgan fingerprint density at radius 2 is 1.68 bits per heavy atom. The molecule has 0 aliphatic rings. The van der Waals surface area contributed by atoms with Crippen LogP contribution in [0.4, 0.5) is 5.69 Å². The predicted molar refractivity (Wildman–Crippen MR) is 138 cm³/mol. The third-order valence-electron chi connectivity index (χ3n) is 4.94. The number of nitrogens with one attached hydrogen (secondary N) is 1. The normalized spacial score (nSPS) is 11.7. The first kappa shape index (κ1) is 25.5. The molecule has 1 N–H and O–H groups in total. The Bertz CT molecular complexity index is 1270. The third-order valence-corrected chi connectivity index (χ3v) is 7.24. The zero-order valence-electron chi connectivity index (χ0n) is 19.2. The number of sulfonamides is 1. The minimum atomic E-state index is -4.06. The topological polar surface area (TPSA) is 88.1 Å². The van der Waals surface area contributed by atoms with Crippen molar-refractivity contribution in [2.75, 3.05) is 17.5 Å². The van der Waals surface area contributed by atoms with E-state index in [0.29, 0.717) is 18.1 Å². The third kappa shape index (κ3) is 6.24. The van der Waals surface area contributed by atoms with Gasteiger partial charge in [0.05, 0.1) is 22.9 Å². The highest BCUT2D eigenvalue weighted by Gasteiger charge is 2.29. The summed E-state index contributed by atoms with van der Waals surface area (Å²) in [4.78, 5) is 12.9. The molecular weight excluding hydrogens is 518 g/mol. The number of para-hydroxylation sites is 2. The summed E-state index contributed by atoms with van der Waals surface area (Å²) in [5, 5.41) is 4.14. The van der Waals surface area contributed by atoms with Crippen LogP contribution in [0, 0.1) is 6.92 Å². The molecule has 0 saturated carbocycles. The van der Waals surface area contributed by atoms with Crippen molar-refractivity contribution in [2.45, 2.75) is 25.7 Å². The van der Waals surface area contributed by atoms with Crippen molar-refractivity contribution in [1.82, 2.24) is 5.43 Å². The van der Waals surface area contributed by atoms with Crippen molar-refractivity contribution in [3.63, 3.8) is 0 Å². The van der Waals surface area contributed by atoms with Crippen LogP contribution in [0.1, 0.15) is 25.0 Å². The van der Waals surface area contributed by atoms with Crippen LogP contribution in [0.2, 0.25) is 0 Å². The van der Waals surface area contributed by atoms with Crippen LogP contribution in [-0.2, 0) is 14.8 Å². The molecule has 0 fully saturated rings. The second-order valence-electron chi connectivity index (χ2n) is 7.46. The zero-order valence-corrected chi connectivity index (χ0v) is 21.6. The molecule has 3 aromatic carbocycles. The first-order valence-corrected chi connectivity index (χ1v) is 12.9. The summed E-state index contributed by atoms with van der Waals surface area (Å²) >= 11 is 3.38. The molecule has 178 valence electrons. The lowest BCUT2D eigenvalue weighted by atomic mass is 10.1. The fourth-order valence-corrected chi connectivity index (χ4v) is 4.84. The largest absolute Gasteiger partial charge is 0.492 e. The standard InChI is InChI=1S/C25H26BrN3O4S/c1-4-33-24-8-6-5-7-23(24)29(34(31,32)22-15-9-18(2)10-16-22)17-25(30)28-27-19(3)20-11-13-21(26)14-12-20/h5-16H,4,17H2,1-3H3,(H,28,30)/b27-19-. The van der Waals surface area contributed by atoms with E-state index in [2.05, 4.69) is 26.5 Å². The molecule has 0 atom stereocenters. The summed E-state index contributed by atoms with van der Waals surface area (Å²) in [6, 6.07) is 20.7. The summed E-state index contributed by atoms with van der Waals surface area (Å²) in [6.45, 7) is 5.31. The summed E-state index contributed by atoms with van der Waals surface area (Å²) in [6.07, 6.45) is 0. The number of amides is 1. The van der Waals surface area contributed by atoms with E-state index >= 15 is 0 Å². The fourth-order valence-electron chi connectivity index (χ4n) is 3.15. The lowest BCUT2D eigenvalue weighted by molar-refractivity contribution is -0.119. The van der Waals surface area contributed by atoms with E-state index in [1.54, 1.807) is 43.3 Å². The molecule has 3 rings (SSSR count). The monoisotopic (exact) mass is 543 g/mol. The molecule has 9 heteroatoms. The fraction of sp³-hybridized carbons (Fsp3) is 0.200. The van der Waals surface area contributed by atoms with Crippen LogP contribution < -0.4 is 14.5 Å². The van der Waals surface area contributed by atoms with Gasteiger partial charge in [0, 0.05) is 4.47 Å².